The van der Waals surface area contributed by atoms with Crippen molar-refractivity contribution in [3.8, 4) is 11.4 Å². The number of piperazine rings is 1. The monoisotopic (exact) mass is 409 g/mol. The molecular formula is C21H20FN5O3. The molecule has 1 saturated heterocycles. The van der Waals surface area contributed by atoms with Crippen LogP contribution in [0.5, 0.6) is 5.75 Å². The number of amides is 2. The molecular weight excluding hydrogens is 389 g/mol. The summed E-state index contributed by atoms with van der Waals surface area (Å²) in [6.45, 7) is 3.08. The highest BCUT2D eigenvalue weighted by Gasteiger charge is 2.28. The molecule has 2 aromatic carbocycles. The molecule has 9 heteroatoms. The zero-order chi connectivity index (χ0) is 21.3. The summed E-state index contributed by atoms with van der Waals surface area (Å²) in [6.07, 6.45) is 0. The Balaban J connectivity index is 1.44. The fourth-order valence-electron chi connectivity index (χ4n) is 3.39. The van der Waals surface area contributed by atoms with Gasteiger partial charge in [0, 0.05) is 26.2 Å². The molecule has 1 fully saturated rings. The van der Waals surface area contributed by atoms with Gasteiger partial charge in [-0.2, -0.15) is 0 Å². The van der Waals surface area contributed by atoms with Crippen molar-refractivity contribution in [3.63, 3.8) is 0 Å². The van der Waals surface area contributed by atoms with Crippen LogP contribution in [0.15, 0.2) is 48.5 Å². The van der Waals surface area contributed by atoms with Crippen molar-refractivity contribution >= 4 is 11.8 Å². The van der Waals surface area contributed by atoms with E-state index in [1.165, 1.54) is 22.9 Å². The Hall–Kier alpha value is -3.75. The van der Waals surface area contributed by atoms with Crippen LogP contribution in [0, 0.1) is 12.7 Å². The molecule has 8 nitrogen and oxygen atoms in total. The highest BCUT2D eigenvalue weighted by molar-refractivity contribution is 5.97. The van der Waals surface area contributed by atoms with Gasteiger partial charge in [0.25, 0.3) is 11.8 Å². The molecule has 1 aliphatic heterocycles. The first-order valence-corrected chi connectivity index (χ1v) is 9.50. The molecule has 0 atom stereocenters. The number of nitrogens with zero attached hydrogens (tertiary/aromatic N) is 5. The average molecular weight is 409 g/mol. The van der Waals surface area contributed by atoms with Crippen molar-refractivity contribution in [2.24, 2.45) is 0 Å². The number of phenols is 1. The summed E-state index contributed by atoms with van der Waals surface area (Å²) in [5.74, 6) is -0.449. The quantitative estimate of drug-likeness (QED) is 0.715. The molecule has 0 saturated carbocycles. The van der Waals surface area contributed by atoms with E-state index in [2.05, 4.69) is 10.1 Å². The van der Waals surface area contributed by atoms with E-state index in [1.54, 1.807) is 47.1 Å². The number of aromatic nitrogens is 3. The number of aromatic hydroxyl groups is 1. The number of hydrogen-bond donors (Lipinski definition) is 1. The largest absolute Gasteiger partial charge is 0.507 e. The van der Waals surface area contributed by atoms with Gasteiger partial charge in [-0.3, -0.25) is 9.59 Å². The molecule has 2 heterocycles. The second kappa shape index (κ2) is 7.94. The molecule has 0 spiro atoms. The van der Waals surface area contributed by atoms with Gasteiger partial charge in [-0.15, -0.1) is 5.10 Å². The second-order valence-electron chi connectivity index (χ2n) is 6.97. The molecule has 1 N–H and O–H groups in total. The van der Waals surface area contributed by atoms with Crippen LogP contribution in [0.2, 0.25) is 0 Å². The topological polar surface area (TPSA) is 91.6 Å². The van der Waals surface area contributed by atoms with Gasteiger partial charge in [-0.05, 0) is 43.3 Å². The van der Waals surface area contributed by atoms with E-state index in [-0.39, 0.29) is 34.8 Å². The van der Waals surface area contributed by atoms with Crippen molar-refractivity contribution < 1.29 is 19.1 Å². The predicted octanol–water partition coefficient (Wildman–Crippen LogP) is 2.02. The van der Waals surface area contributed by atoms with Crippen LogP contribution in [0.4, 0.5) is 4.39 Å². The van der Waals surface area contributed by atoms with Crippen LogP contribution in [0.25, 0.3) is 5.69 Å². The van der Waals surface area contributed by atoms with Crippen LogP contribution in [0.3, 0.4) is 0 Å². The number of benzene rings is 2. The average Bonchev–Trinajstić information content (AvgIpc) is 3.15. The maximum absolute atomic E-state index is 13.2. The molecule has 30 heavy (non-hydrogen) atoms. The summed E-state index contributed by atoms with van der Waals surface area (Å²) in [4.78, 5) is 32.9. The Morgan fingerprint density at radius 1 is 0.933 bits per heavy atom. The smallest absolute Gasteiger partial charge is 0.293 e. The number of halogens is 1. The minimum Gasteiger partial charge on any atom is -0.507 e. The van der Waals surface area contributed by atoms with Gasteiger partial charge >= 0.3 is 0 Å². The van der Waals surface area contributed by atoms with Gasteiger partial charge in [-0.1, -0.05) is 12.1 Å². The minimum atomic E-state index is -0.357. The van der Waals surface area contributed by atoms with Crippen molar-refractivity contribution in [1.29, 1.82) is 0 Å². The number of rotatable bonds is 3. The molecule has 0 radical (unpaired) electrons. The lowest BCUT2D eigenvalue weighted by Gasteiger charge is -2.34. The molecule has 4 rings (SSSR count). The third-order valence-corrected chi connectivity index (χ3v) is 5.02. The Labute approximate surface area is 172 Å². The molecule has 0 aliphatic carbocycles. The standard InChI is InChI=1S/C21H20FN5O3/c1-14-23-19(24-27(14)16-8-6-15(22)7-9-16)21(30)26-12-10-25(11-13-26)20(29)17-4-2-3-5-18(17)28/h2-9,28H,10-13H2,1H3. The van der Waals surface area contributed by atoms with Crippen LogP contribution in [-0.4, -0.2) is 67.7 Å². The lowest BCUT2D eigenvalue weighted by molar-refractivity contribution is 0.0527. The third-order valence-electron chi connectivity index (χ3n) is 5.02. The number of carbonyl (C=O) groups excluding carboxylic acids is 2. The maximum Gasteiger partial charge on any atom is 0.293 e. The molecule has 3 aromatic rings. The molecule has 0 unspecified atom stereocenters. The zero-order valence-electron chi connectivity index (χ0n) is 16.3. The fourth-order valence-corrected chi connectivity index (χ4v) is 3.39. The van der Waals surface area contributed by atoms with Crippen molar-refractivity contribution in [3.05, 3.63) is 71.6 Å². The molecule has 1 aromatic heterocycles. The summed E-state index contributed by atoms with van der Waals surface area (Å²) in [6, 6.07) is 12.2. The highest BCUT2D eigenvalue weighted by Crippen LogP contribution is 2.19. The molecule has 1 aliphatic rings. The van der Waals surface area contributed by atoms with E-state index < -0.39 is 0 Å². The van der Waals surface area contributed by atoms with Gasteiger partial charge in [0.15, 0.2) is 0 Å². The van der Waals surface area contributed by atoms with E-state index in [1.807, 2.05) is 0 Å². The SMILES string of the molecule is Cc1nc(C(=O)N2CCN(C(=O)c3ccccc3O)CC2)nn1-c1ccc(F)cc1. The fraction of sp³-hybridized carbons (Fsp3) is 0.238. The first-order valence-electron chi connectivity index (χ1n) is 9.50. The first kappa shape index (κ1) is 19.6. The Morgan fingerprint density at radius 3 is 2.17 bits per heavy atom. The van der Waals surface area contributed by atoms with E-state index >= 15 is 0 Å². The summed E-state index contributed by atoms with van der Waals surface area (Å²) in [7, 11) is 0. The van der Waals surface area contributed by atoms with Gasteiger partial charge in [0.1, 0.15) is 17.4 Å². The Morgan fingerprint density at radius 2 is 1.53 bits per heavy atom. The summed E-state index contributed by atoms with van der Waals surface area (Å²) >= 11 is 0. The summed E-state index contributed by atoms with van der Waals surface area (Å²) in [5, 5.41) is 14.2. The Kier molecular flexibility index (Phi) is 5.18. The lowest BCUT2D eigenvalue weighted by atomic mass is 10.1. The van der Waals surface area contributed by atoms with E-state index in [0.717, 1.165) is 0 Å². The van der Waals surface area contributed by atoms with E-state index in [4.69, 9.17) is 0 Å². The zero-order valence-corrected chi connectivity index (χ0v) is 16.3. The van der Waals surface area contributed by atoms with Crippen molar-refractivity contribution in [2.75, 3.05) is 26.2 Å². The highest BCUT2D eigenvalue weighted by atomic mass is 19.1. The minimum absolute atomic E-state index is 0.0531. The molecule has 0 bridgehead atoms. The predicted molar refractivity (Wildman–Crippen MR) is 106 cm³/mol. The van der Waals surface area contributed by atoms with E-state index in [9.17, 15) is 19.1 Å². The second-order valence-corrected chi connectivity index (χ2v) is 6.97. The van der Waals surface area contributed by atoms with Crippen molar-refractivity contribution in [2.45, 2.75) is 6.92 Å². The number of hydrogen-bond acceptors (Lipinski definition) is 5. The van der Waals surface area contributed by atoms with Gasteiger partial charge in [-0.25, -0.2) is 14.1 Å². The van der Waals surface area contributed by atoms with E-state index in [0.29, 0.717) is 37.7 Å². The lowest BCUT2D eigenvalue weighted by Crippen LogP contribution is -2.50. The number of carbonyl (C=O) groups is 2. The van der Waals surface area contributed by atoms with Crippen molar-refractivity contribution in [1.82, 2.24) is 24.6 Å². The van der Waals surface area contributed by atoms with Crippen LogP contribution >= 0.6 is 0 Å². The molecule has 2 amide bonds. The number of phenolic OH excluding ortho intramolecular Hbond substituents is 1. The molecule has 154 valence electrons. The summed E-state index contributed by atoms with van der Waals surface area (Å²) in [5.41, 5.74) is 0.853. The van der Waals surface area contributed by atoms with Gasteiger partial charge in [0.2, 0.25) is 5.82 Å². The van der Waals surface area contributed by atoms with Gasteiger partial charge in [0.05, 0.1) is 11.3 Å². The summed E-state index contributed by atoms with van der Waals surface area (Å²) < 4.78 is 14.6. The van der Waals surface area contributed by atoms with Crippen LogP contribution in [-0.2, 0) is 0 Å². The third kappa shape index (κ3) is 3.73. The van der Waals surface area contributed by atoms with Crippen LogP contribution < -0.4 is 0 Å². The Bertz CT molecular complexity index is 1090. The maximum atomic E-state index is 13.2. The normalized spacial score (nSPS) is 14.1. The first-order chi connectivity index (χ1) is 14.4. The number of aryl methyl sites for hydroxylation is 1. The number of para-hydroxylation sites is 1. The van der Waals surface area contributed by atoms with Crippen LogP contribution in [0.1, 0.15) is 26.8 Å². The van der Waals surface area contributed by atoms with Gasteiger partial charge < -0.3 is 14.9 Å².